The van der Waals surface area contributed by atoms with Gasteiger partial charge in [0.25, 0.3) is 0 Å². The maximum Gasteiger partial charge on any atom is 0.153 e. The number of nitrogens with zero attached hydrogens (tertiary/aromatic N) is 3. The first-order valence-corrected chi connectivity index (χ1v) is 10.7. The van der Waals surface area contributed by atoms with Crippen molar-refractivity contribution in [2.24, 2.45) is 0 Å². The van der Waals surface area contributed by atoms with E-state index in [0.717, 1.165) is 37.2 Å². The van der Waals surface area contributed by atoms with Crippen LogP contribution in [0.1, 0.15) is 35.6 Å². The fraction of sp³-hybridized carbons (Fsp3) is 0.348. The molecule has 4 rings (SSSR count). The van der Waals surface area contributed by atoms with Crippen molar-refractivity contribution in [2.45, 2.75) is 25.7 Å². The van der Waals surface area contributed by atoms with E-state index in [0.29, 0.717) is 41.9 Å². The maximum atomic E-state index is 13.3. The van der Waals surface area contributed by atoms with Crippen LogP contribution >= 0.6 is 0 Å². The minimum atomic E-state index is -0.345. The molecule has 8 nitrogen and oxygen atoms in total. The summed E-state index contributed by atoms with van der Waals surface area (Å²) in [7, 11) is 0. The van der Waals surface area contributed by atoms with Gasteiger partial charge < -0.3 is 20.7 Å². The summed E-state index contributed by atoms with van der Waals surface area (Å²) in [6, 6.07) is 12.2. The molecular weight excluding hydrogens is 409 g/mol. The number of hydrogen-bond acceptors (Lipinski definition) is 7. The second-order valence-electron chi connectivity index (χ2n) is 7.75. The molecule has 0 unspecified atom stereocenters. The SMILES string of the molecule is Cc1cc(Nc2cc(C3CCNCC3)c(C#N)c(NCCOc3cccc(F)c3)n2)n[nH]1. The number of halogens is 1. The van der Waals surface area contributed by atoms with Crippen molar-refractivity contribution in [2.75, 3.05) is 36.9 Å². The molecular formula is C23H26FN7O. The molecule has 1 aromatic carbocycles. The molecule has 0 bridgehead atoms. The van der Waals surface area contributed by atoms with Crippen LogP contribution in [0.4, 0.5) is 21.8 Å². The Morgan fingerprint density at radius 3 is 2.78 bits per heavy atom. The Kier molecular flexibility index (Phi) is 6.82. The highest BCUT2D eigenvalue weighted by molar-refractivity contribution is 5.64. The van der Waals surface area contributed by atoms with Crippen molar-refractivity contribution in [3.05, 3.63) is 59.0 Å². The average molecular weight is 436 g/mol. The molecule has 1 saturated heterocycles. The molecule has 0 radical (unpaired) electrons. The van der Waals surface area contributed by atoms with Crippen LogP contribution in [0, 0.1) is 24.1 Å². The van der Waals surface area contributed by atoms with Crippen molar-refractivity contribution in [3.8, 4) is 11.8 Å². The Morgan fingerprint density at radius 2 is 2.06 bits per heavy atom. The van der Waals surface area contributed by atoms with E-state index in [1.54, 1.807) is 12.1 Å². The predicted molar refractivity (Wildman–Crippen MR) is 121 cm³/mol. The predicted octanol–water partition coefficient (Wildman–Crippen LogP) is 3.83. The number of ether oxygens (including phenoxy) is 1. The number of hydrogen-bond donors (Lipinski definition) is 4. The molecule has 9 heteroatoms. The van der Waals surface area contributed by atoms with Crippen LogP contribution in [0.3, 0.4) is 0 Å². The summed E-state index contributed by atoms with van der Waals surface area (Å²) in [6.45, 7) is 4.48. The molecule has 4 N–H and O–H groups in total. The number of nitriles is 1. The van der Waals surface area contributed by atoms with E-state index in [4.69, 9.17) is 4.74 Å². The first-order valence-electron chi connectivity index (χ1n) is 10.7. The summed E-state index contributed by atoms with van der Waals surface area (Å²) in [5.41, 5.74) is 2.46. The standard InChI is InChI=1S/C23H26FN7O/c1-15-11-22(31-30-15)28-21-13-19(16-5-7-26-8-6-16)20(14-25)23(29-21)27-9-10-32-18-4-2-3-17(24)12-18/h2-4,11-13,16,26H,5-10H2,1H3,(H3,27,28,29,30,31). The highest BCUT2D eigenvalue weighted by atomic mass is 19.1. The Labute approximate surface area is 186 Å². The first kappa shape index (κ1) is 21.6. The van der Waals surface area contributed by atoms with Gasteiger partial charge in [-0.1, -0.05) is 6.07 Å². The molecule has 0 aliphatic carbocycles. The number of H-pyrrole nitrogens is 1. The molecule has 0 saturated carbocycles. The zero-order valence-electron chi connectivity index (χ0n) is 17.9. The van der Waals surface area contributed by atoms with Gasteiger partial charge in [-0.3, -0.25) is 5.10 Å². The number of aromatic amines is 1. The van der Waals surface area contributed by atoms with Gasteiger partial charge in [-0.15, -0.1) is 0 Å². The zero-order chi connectivity index (χ0) is 22.3. The molecule has 3 heterocycles. The number of rotatable bonds is 8. The van der Waals surface area contributed by atoms with E-state index >= 15 is 0 Å². The van der Waals surface area contributed by atoms with Gasteiger partial charge in [-0.2, -0.15) is 10.4 Å². The minimum absolute atomic E-state index is 0.277. The summed E-state index contributed by atoms with van der Waals surface area (Å²) < 4.78 is 18.9. The van der Waals surface area contributed by atoms with E-state index < -0.39 is 0 Å². The van der Waals surface area contributed by atoms with Crippen LogP contribution < -0.4 is 20.7 Å². The molecule has 32 heavy (non-hydrogen) atoms. The molecule has 0 amide bonds. The monoisotopic (exact) mass is 435 g/mol. The summed E-state index contributed by atoms with van der Waals surface area (Å²) in [4.78, 5) is 4.63. The Hall–Kier alpha value is -3.64. The molecule has 1 aliphatic rings. The quantitative estimate of drug-likeness (QED) is 0.398. The van der Waals surface area contributed by atoms with Crippen molar-refractivity contribution >= 4 is 17.5 Å². The van der Waals surface area contributed by atoms with Crippen molar-refractivity contribution in [1.82, 2.24) is 20.5 Å². The second kappa shape index (κ2) is 10.1. The molecule has 3 aromatic rings. The van der Waals surface area contributed by atoms with E-state index in [1.165, 1.54) is 12.1 Å². The van der Waals surface area contributed by atoms with E-state index in [2.05, 4.69) is 37.2 Å². The molecule has 0 spiro atoms. The first-order chi connectivity index (χ1) is 15.6. The fourth-order valence-corrected chi connectivity index (χ4v) is 3.84. The van der Waals surface area contributed by atoms with Crippen LogP contribution in [0.5, 0.6) is 5.75 Å². The average Bonchev–Trinajstić information content (AvgIpc) is 3.21. The minimum Gasteiger partial charge on any atom is -0.492 e. The lowest BCUT2D eigenvalue weighted by Gasteiger charge is -2.25. The van der Waals surface area contributed by atoms with Gasteiger partial charge in [0.1, 0.15) is 35.9 Å². The zero-order valence-corrected chi connectivity index (χ0v) is 17.9. The van der Waals surface area contributed by atoms with E-state index in [9.17, 15) is 9.65 Å². The third-order valence-electron chi connectivity index (χ3n) is 5.36. The van der Waals surface area contributed by atoms with Crippen LogP contribution in [-0.2, 0) is 0 Å². The normalized spacial score (nSPS) is 14.0. The maximum absolute atomic E-state index is 13.3. The third-order valence-corrected chi connectivity index (χ3v) is 5.36. The second-order valence-corrected chi connectivity index (χ2v) is 7.75. The van der Waals surface area contributed by atoms with Gasteiger partial charge in [0.05, 0.1) is 12.1 Å². The molecule has 2 aromatic heterocycles. The largest absolute Gasteiger partial charge is 0.492 e. The van der Waals surface area contributed by atoms with Crippen molar-refractivity contribution < 1.29 is 9.13 Å². The number of nitrogens with one attached hydrogen (secondary N) is 4. The van der Waals surface area contributed by atoms with Crippen LogP contribution in [-0.4, -0.2) is 41.4 Å². The number of piperidine rings is 1. The lowest BCUT2D eigenvalue weighted by Crippen LogP contribution is -2.27. The number of aromatic nitrogens is 3. The van der Waals surface area contributed by atoms with Gasteiger partial charge in [0, 0.05) is 17.8 Å². The third kappa shape index (κ3) is 5.34. The number of pyridine rings is 1. The van der Waals surface area contributed by atoms with Crippen molar-refractivity contribution in [1.29, 1.82) is 5.26 Å². The van der Waals surface area contributed by atoms with Crippen molar-refractivity contribution in [3.63, 3.8) is 0 Å². The van der Waals surface area contributed by atoms with Gasteiger partial charge in [-0.25, -0.2) is 9.37 Å². The van der Waals surface area contributed by atoms with Gasteiger partial charge >= 0.3 is 0 Å². The van der Waals surface area contributed by atoms with Crippen LogP contribution in [0.25, 0.3) is 0 Å². The van der Waals surface area contributed by atoms with Gasteiger partial charge in [0.15, 0.2) is 5.82 Å². The van der Waals surface area contributed by atoms with Crippen LogP contribution in [0.2, 0.25) is 0 Å². The Bertz CT molecular complexity index is 1100. The Balaban J connectivity index is 1.54. The van der Waals surface area contributed by atoms with Crippen LogP contribution in [0.15, 0.2) is 36.4 Å². The molecule has 0 atom stereocenters. The lowest BCUT2D eigenvalue weighted by atomic mass is 9.87. The topological polar surface area (TPSA) is 111 Å². The summed E-state index contributed by atoms with van der Waals surface area (Å²) in [5, 5.41) is 26.9. The van der Waals surface area contributed by atoms with Gasteiger partial charge in [-0.05, 0) is 62.5 Å². The van der Waals surface area contributed by atoms with Gasteiger partial charge in [0.2, 0.25) is 0 Å². The summed E-state index contributed by atoms with van der Waals surface area (Å²) in [5.74, 6) is 2.18. The summed E-state index contributed by atoms with van der Waals surface area (Å²) >= 11 is 0. The number of benzene rings is 1. The Morgan fingerprint density at radius 1 is 1.22 bits per heavy atom. The number of anilines is 3. The van der Waals surface area contributed by atoms with E-state index in [-0.39, 0.29) is 11.7 Å². The highest BCUT2D eigenvalue weighted by Crippen LogP contribution is 2.33. The highest BCUT2D eigenvalue weighted by Gasteiger charge is 2.22. The molecule has 1 aliphatic heterocycles. The number of aryl methyl sites for hydroxylation is 1. The molecule has 166 valence electrons. The lowest BCUT2D eigenvalue weighted by molar-refractivity contribution is 0.331. The molecule has 1 fully saturated rings. The fourth-order valence-electron chi connectivity index (χ4n) is 3.84. The van der Waals surface area contributed by atoms with E-state index in [1.807, 2.05) is 19.1 Å². The summed E-state index contributed by atoms with van der Waals surface area (Å²) in [6.07, 6.45) is 1.92. The smallest absolute Gasteiger partial charge is 0.153 e.